The highest BCUT2D eigenvalue weighted by molar-refractivity contribution is 5.87. The Balaban J connectivity index is 0.000000353. The highest BCUT2D eigenvalue weighted by atomic mass is 16.6. The minimum Gasteiger partial charge on any atom is -0.463 e. The second-order valence-electron chi connectivity index (χ2n) is 15.5. The van der Waals surface area contributed by atoms with Crippen molar-refractivity contribution in [1.82, 2.24) is 0 Å². The molecular weight excluding hydrogens is 612 g/mol. The van der Waals surface area contributed by atoms with Crippen LogP contribution < -0.4 is 0 Å². The smallest absolute Gasteiger partial charge is 0.351 e. The molecule has 0 saturated carbocycles. The van der Waals surface area contributed by atoms with Crippen molar-refractivity contribution in [3.63, 3.8) is 0 Å². The van der Waals surface area contributed by atoms with E-state index < -0.39 is 57.1 Å². The van der Waals surface area contributed by atoms with Crippen molar-refractivity contribution >= 4 is 35.8 Å². The quantitative estimate of drug-likeness (QED) is 0.215. The van der Waals surface area contributed by atoms with E-state index in [1.807, 2.05) is 48.5 Å². The van der Waals surface area contributed by atoms with Crippen LogP contribution in [0.2, 0.25) is 0 Å². The number of rotatable bonds is 9. The van der Waals surface area contributed by atoms with Gasteiger partial charge in [-0.05, 0) is 95.4 Å². The van der Waals surface area contributed by atoms with E-state index >= 15 is 0 Å². The van der Waals surface area contributed by atoms with Crippen LogP contribution in [0.15, 0.2) is 0 Å². The number of esters is 6. The van der Waals surface area contributed by atoms with Crippen LogP contribution in [-0.4, -0.2) is 71.4 Å². The summed E-state index contributed by atoms with van der Waals surface area (Å²) in [7, 11) is 0. The second kappa shape index (κ2) is 15.4. The summed E-state index contributed by atoms with van der Waals surface area (Å²) in [5.41, 5.74) is -4.45. The fourth-order valence-corrected chi connectivity index (χ4v) is 4.27. The van der Waals surface area contributed by atoms with Gasteiger partial charge in [-0.25, -0.2) is 14.4 Å². The van der Waals surface area contributed by atoms with Crippen molar-refractivity contribution in [3.8, 4) is 0 Å². The number of hydrogen-bond donors (Lipinski definition) is 0. The van der Waals surface area contributed by atoms with E-state index in [1.54, 1.807) is 48.5 Å². The molecule has 12 heteroatoms. The molecule has 270 valence electrons. The van der Waals surface area contributed by atoms with Crippen molar-refractivity contribution in [2.45, 2.75) is 164 Å². The van der Waals surface area contributed by atoms with Crippen LogP contribution >= 0.6 is 0 Å². The molecule has 3 aliphatic rings. The standard InChI is InChI=1S/C13H22O4.2C11H18O4/c1-7-11(2,3)9(14)17-13(6)8-12(4,5)16-10(13)15;1-5-10(2,3)8(12)15-11(4)6-7-14-9(11)13;1-5-11(3,4)10(13)15-8-6-7(2)14-9(8)12/h7-8H2,1-6H3;5-7H2,1-4H3;7-8H,5-6H2,1-4H3. The third-order valence-corrected chi connectivity index (χ3v) is 9.13. The van der Waals surface area contributed by atoms with Gasteiger partial charge in [-0.2, -0.15) is 0 Å². The lowest BCUT2D eigenvalue weighted by molar-refractivity contribution is -0.178. The highest BCUT2D eigenvalue weighted by Gasteiger charge is 2.53. The first kappa shape index (κ1) is 41.8. The van der Waals surface area contributed by atoms with Gasteiger partial charge in [0.05, 0.1) is 22.9 Å². The van der Waals surface area contributed by atoms with Gasteiger partial charge in [0.25, 0.3) is 0 Å². The van der Waals surface area contributed by atoms with Gasteiger partial charge in [0, 0.05) is 19.3 Å². The number of cyclic esters (lactones) is 3. The van der Waals surface area contributed by atoms with Gasteiger partial charge in [-0.1, -0.05) is 20.8 Å². The zero-order chi connectivity index (χ0) is 36.8. The lowest BCUT2D eigenvalue weighted by Crippen LogP contribution is -2.41. The van der Waals surface area contributed by atoms with Gasteiger partial charge in [0.1, 0.15) is 11.7 Å². The van der Waals surface area contributed by atoms with Crippen LogP contribution in [-0.2, 0) is 57.2 Å². The summed E-state index contributed by atoms with van der Waals surface area (Å²) in [6.07, 6.45) is 2.46. The van der Waals surface area contributed by atoms with E-state index in [1.165, 1.54) is 0 Å². The molecule has 4 atom stereocenters. The largest absolute Gasteiger partial charge is 0.463 e. The van der Waals surface area contributed by atoms with Crippen molar-refractivity contribution < 1.29 is 57.2 Å². The molecule has 0 bridgehead atoms. The van der Waals surface area contributed by atoms with Crippen LogP contribution in [0.4, 0.5) is 0 Å². The normalized spacial score (nSPS) is 26.8. The Hall–Kier alpha value is -3.18. The summed E-state index contributed by atoms with van der Waals surface area (Å²) in [6.45, 7) is 25.5. The molecule has 0 aromatic heterocycles. The Morgan fingerprint density at radius 1 is 0.745 bits per heavy atom. The van der Waals surface area contributed by atoms with E-state index in [2.05, 4.69) is 0 Å². The summed E-state index contributed by atoms with van der Waals surface area (Å²) in [6, 6.07) is 0. The average Bonchev–Trinajstić information content (AvgIpc) is 3.53. The van der Waals surface area contributed by atoms with Gasteiger partial charge in [-0.15, -0.1) is 0 Å². The highest BCUT2D eigenvalue weighted by Crippen LogP contribution is 2.38. The minimum atomic E-state index is -1.15. The molecule has 0 aliphatic carbocycles. The molecule has 3 aliphatic heterocycles. The zero-order valence-corrected chi connectivity index (χ0v) is 31.0. The maximum Gasteiger partial charge on any atom is 0.351 e. The van der Waals surface area contributed by atoms with Crippen LogP contribution in [0.25, 0.3) is 0 Å². The minimum absolute atomic E-state index is 0.153. The van der Waals surface area contributed by atoms with Crippen molar-refractivity contribution in [2.24, 2.45) is 16.2 Å². The predicted molar refractivity (Wildman–Crippen MR) is 172 cm³/mol. The zero-order valence-electron chi connectivity index (χ0n) is 31.0. The molecule has 4 unspecified atom stereocenters. The second-order valence-corrected chi connectivity index (χ2v) is 15.5. The van der Waals surface area contributed by atoms with E-state index in [-0.39, 0.29) is 24.0 Å². The van der Waals surface area contributed by atoms with E-state index in [9.17, 15) is 28.8 Å². The fraction of sp³-hybridized carbons (Fsp3) is 0.829. The summed E-state index contributed by atoms with van der Waals surface area (Å²) in [4.78, 5) is 69.8. The van der Waals surface area contributed by atoms with E-state index in [0.29, 0.717) is 45.1 Å². The van der Waals surface area contributed by atoms with Gasteiger partial charge in [-0.3, -0.25) is 14.4 Å². The van der Waals surface area contributed by atoms with E-state index in [0.717, 1.165) is 0 Å². The summed E-state index contributed by atoms with van der Waals surface area (Å²) in [5, 5.41) is 0. The molecule has 0 spiro atoms. The van der Waals surface area contributed by atoms with Crippen molar-refractivity contribution in [3.05, 3.63) is 0 Å². The Morgan fingerprint density at radius 2 is 1.19 bits per heavy atom. The number of ether oxygens (including phenoxy) is 6. The lowest BCUT2D eigenvalue weighted by atomic mass is 9.89. The summed E-state index contributed by atoms with van der Waals surface area (Å²) < 4.78 is 30.7. The molecule has 3 rings (SSSR count). The molecule has 3 fully saturated rings. The topological polar surface area (TPSA) is 158 Å². The molecule has 0 aromatic rings. The Kier molecular flexibility index (Phi) is 13.7. The molecule has 0 aromatic carbocycles. The lowest BCUT2D eigenvalue weighted by Gasteiger charge is -2.27. The average molecular weight is 671 g/mol. The molecular formula is C35H58O12. The van der Waals surface area contributed by atoms with Crippen LogP contribution in [0.5, 0.6) is 0 Å². The van der Waals surface area contributed by atoms with Crippen molar-refractivity contribution in [2.75, 3.05) is 6.61 Å². The fourth-order valence-electron chi connectivity index (χ4n) is 4.27. The van der Waals surface area contributed by atoms with Crippen LogP contribution in [0.3, 0.4) is 0 Å². The molecule has 3 heterocycles. The first-order valence-corrected chi connectivity index (χ1v) is 16.5. The maximum absolute atomic E-state index is 12.0. The summed E-state index contributed by atoms with van der Waals surface area (Å²) >= 11 is 0. The van der Waals surface area contributed by atoms with Gasteiger partial charge < -0.3 is 28.4 Å². The van der Waals surface area contributed by atoms with Gasteiger partial charge in [0.15, 0.2) is 0 Å². The molecule has 3 saturated heterocycles. The molecule has 12 nitrogen and oxygen atoms in total. The Bertz CT molecular complexity index is 1180. The van der Waals surface area contributed by atoms with Gasteiger partial charge >= 0.3 is 35.8 Å². The maximum atomic E-state index is 12.0. The van der Waals surface area contributed by atoms with E-state index in [4.69, 9.17) is 28.4 Å². The Labute approximate surface area is 280 Å². The molecule has 0 amide bonds. The number of hydrogen-bond acceptors (Lipinski definition) is 12. The first-order valence-electron chi connectivity index (χ1n) is 16.5. The molecule has 0 N–H and O–H groups in total. The number of carbonyl (C=O) groups is 6. The third-order valence-electron chi connectivity index (χ3n) is 9.13. The monoisotopic (exact) mass is 670 g/mol. The van der Waals surface area contributed by atoms with Gasteiger partial charge in [0.2, 0.25) is 17.3 Å². The van der Waals surface area contributed by atoms with Crippen LogP contribution in [0, 0.1) is 16.2 Å². The Morgan fingerprint density at radius 3 is 1.53 bits per heavy atom. The third kappa shape index (κ3) is 11.2. The molecule has 47 heavy (non-hydrogen) atoms. The first-order chi connectivity index (χ1) is 21.2. The molecule has 0 radical (unpaired) electrons. The summed E-state index contributed by atoms with van der Waals surface area (Å²) in [5.74, 6) is -2.35. The van der Waals surface area contributed by atoms with Crippen molar-refractivity contribution in [1.29, 1.82) is 0 Å². The van der Waals surface area contributed by atoms with Crippen LogP contribution in [0.1, 0.15) is 135 Å². The number of carbonyl (C=O) groups excluding carboxylic acids is 6. The SMILES string of the molecule is CCC(C)(C)C(=O)OC1(C)CC(C)(C)OC1=O.CCC(C)(C)C(=O)OC1(C)CCOC1=O.CCC(C)(C)C(=O)OC1CC(C)OC1=O. The predicted octanol–water partition coefficient (Wildman–Crippen LogP) is 5.79.